The minimum absolute atomic E-state index is 0.558. The van der Waals surface area contributed by atoms with Crippen LogP contribution in [-0.4, -0.2) is 22.2 Å². The van der Waals surface area contributed by atoms with E-state index < -0.39 is 11.9 Å². The van der Waals surface area contributed by atoms with E-state index in [4.69, 9.17) is 10.2 Å². The fourth-order valence-electron chi connectivity index (χ4n) is 0.143. The van der Waals surface area contributed by atoms with Gasteiger partial charge in [-0.25, -0.2) is 9.59 Å². The number of allylic oxidation sites excluding steroid dienone is 2. The van der Waals surface area contributed by atoms with Crippen molar-refractivity contribution >= 4 is 11.9 Å². The van der Waals surface area contributed by atoms with Crippen molar-refractivity contribution in [1.29, 1.82) is 0 Å². The van der Waals surface area contributed by atoms with Gasteiger partial charge in [0, 0.05) is 12.2 Å². The third-order valence-corrected chi connectivity index (χ3v) is 0.717. The molecule has 2 N–H and O–H groups in total. The van der Waals surface area contributed by atoms with Crippen LogP contribution >= 0.6 is 0 Å². The zero-order valence-electron chi connectivity index (χ0n) is 7.36. The third kappa shape index (κ3) is 25.4. The van der Waals surface area contributed by atoms with Gasteiger partial charge in [0.05, 0.1) is 0 Å². The average Bonchev–Trinajstić information content (AvgIpc) is 2.02. The lowest BCUT2D eigenvalue weighted by molar-refractivity contribution is -0.134. The van der Waals surface area contributed by atoms with Gasteiger partial charge in [-0.05, 0) is 6.92 Å². The van der Waals surface area contributed by atoms with Gasteiger partial charge in [-0.1, -0.05) is 24.8 Å². The summed E-state index contributed by atoms with van der Waals surface area (Å²) in [6.07, 6.45) is 2.84. The van der Waals surface area contributed by atoms with Crippen molar-refractivity contribution in [3.8, 4) is 0 Å². The lowest BCUT2D eigenvalue weighted by Crippen LogP contribution is -1.91. The van der Waals surface area contributed by atoms with Crippen LogP contribution in [0.5, 0.6) is 0 Å². The maximum absolute atomic E-state index is 9.55. The molecule has 13 heavy (non-hydrogen) atoms. The standard InChI is InChI=1S/C5H8.C4H4O4/c1-4-5(2)3;5-3(6)1-2-4(7)8/h4H,1-2H2,3H3;1-2H,(H,5,6)(H,7,8)/b;2-1+. The monoisotopic (exact) mass is 184 g/mol. The van der Waals surface area contributed by atoms with Gasteiger partial charge in [0.25, 0.3) is 0 Å². The smallest absolute Gasteiger partial charge is 0.328 e. The van der Waals surface area contributed by atoms with Crippen LogP contribution in [0.25, 0.3) is 0 Å². The molecular weight excluding hydrogens is 172 g/mol. The van der Waals surface area contributed by atoms with Crippen LogP contribution in [0.3, 0.4) is 0 Å². The number of carboxylic acids is 2. The summed E-state index contributed by atoms with van der Waals surface area (Å²) in [5, 5.41) is 15.6. The molecule has 0 fully saturated rings. The Morgan fingerprint density at radius 2 is 1.38 bits per heavy atom. The highest BCUT2D eigenvalue weighted by atomic mass is 16.4. The quantitative estimate of drug-likeness (QED) is 0.514. The Bertz CT molecular complexity index is 222. The van der Waals surface area contributed by atoms with Crippen LogP contribution in [0.4, 0.5) is 0 Å². The summed E-state index contributed by atoms with van der Waals surface area (Å²) in [4.78, 5) is 19.1. The topological polar surface area (TPSA) is 74.6 Å². The molecule has 72 valence electrons. The van der Waals surface area contributed by atoms with E-state index in [1.165, 1.54) is 0 Å². The number of aliphatic carboxylic acids is 2. The molecule has 4 nitrogen and oxygen atoms in total. The van der Waals surface area contributed by atoms with E-state index in [1.54, 1.807) is 6.08 Å². The summed E-state index contributed by atoms with van der Waals surface area (Å²) in [7, 11) is 0. The van der Waals surface area contributed by atoms with Gasteiger partial charge >= 0.3 is 11.9 Å². The van der Waals surface area contributed by atoms with Gasteiger partial charge < -0.3 is 10.2 Å². The molecule has 0 aromatic rings. The molecule has 0 aromatic carbocycles. The summed E-state index contributed by atoms with van der Waals surface area (Å²) in [6.45, 7) is 8.93. The second-order valence-electron chi connectivity index (χ2n) is 2.06. The first-order chi connectivity index (χ1) is 5.90. The lowest BCUT2D eigenvalue weighted by Gasteiger charge is -1.74. The first-order valence-corrected chi connectivity index (χ1v) is 3.32. The van der Waals surface area contributed by atoms with Gasteiger partial charge in [-0.15, -0.1) is 0 Å². The van der Waals surface area contributed by atoms with Crippen molar-refractivity contribution in [2.75, 3.05) is 0 Å². The maximum atomic E-state index is 9.55. The Labute approximate surface area is 76.5 Å². The van der Waals surface area contributed by atoms with Crippen molar-refractivity contribution in [3.63, 3.8) is 0 Å². The van der Waals surface area contributed by atoms with Gasteiger partial charge in [0.1, 0.15) is 0 Å². The normalized spacial score (nSPS) is 8.38. The molecule has 0 rings (SSSR count). The predicted octanol–water partition coefficient (Wildman–Crippen LogP) is 1.46. The van der Waals surface area contributed by atoms with Gasteiger partial charge in [0.15, 0.2) is 0 Å². The molecule has 0 aromatic heterocycles. The summed E-state index contributed by atoms with van der Waals surface area (Å²) in [5.74, 6) is -2.51. The molecule has 0 aliphatic rings. The molecular formula is C9H12O4. The van der Waals surface area contributed by atoms with E-state index in [2.05, 4.69) is 13.2 Å². The maximum Gasteiger partial charge on any atom is 0.328 e. The fourth-order valence-corrected chi connectivity index (χ4v) is 0.143. The van der Waals surface area contributed by atoms with Crippen LogP contribution in [0.2, 0.25) is 0 Å². The number of hydrogen-bond donors (Lipinski definition) is 2. The highest BCUT2D eigenvalue weighted by Crippen LogP contribution is 1.81. The van der Waals surface area contributed by atoms with Gasteiger partial charge in [-0.3, -0.25) is 0 Å². The molecule has 0 heterocycles. The Morgan fingerprint density at radius 1 is 1.15 bits per heavy atom. The van der Waals surface area contributed by atoms with Crippen molar-refractivity contribution in [1.82, 2.24) is 0 Å². The third-order valence-electron chi connectivity index (χ3n) is 0.717. The van der Waals surface area contributed by atoms with Crippen LogP contribution in [0.15, 0.2) is 37.0 Å². The molecule has 0 aliphatic carbocycles. The Balaban J connectivity index is 0. The first-order valence-electron chi connectivity index (χ1n) is 3.32. The lowest BCUT2D eigenvalue weighted by atomic mass is 10.4. The average molecular weight is 184 g/mol. The number of hydrogen-bond acceptors (Lipinski definition) is 2. The van der Waals surface area contributed by atoms with Crippen LogP contribution in [-0.2, 0) is 9.59 Å². The molecule has 0 bridgehead atoms. The minimum Gasteiger partial charge on any atom is -0.478 e. The van der Waals surface area contributed by atoms with Crippen LogP contribution in [0.1, 0.15) is 6.92 Å². The zero-order chi connectivity index (χ0) is 10.9. The number of carboxylic acid groups (broad SMARTS) is 2. The molecule has 0 unspecified atom stereocenters. The van der Waals surface area contributed by atoms with E-state index in [-0.39, 0.29) is 0 Å². The summed E-state index contributed by atoms with van der Waals surface area (Å²) in [5.41, 5.74) is 1.02. The SMILES string of the molecule is C=CC(=C)C.O=C(O)/C=C/C(=O)O. The molecule has 0 saturated heterocycles. The van der Waals surface area contributed by atoms with Crippen molar-refractivity contribution in [2.24, 2.45) is 0 Å². The minimum atomic E-state index is -1.26. The fraction of sp³-hybridized carbons (Fsp3) is 0.111. The van der Waals surface area contributed by atoms with Gasteiger partial charge in [0.2, 0.25) is 0 Å². The molecule has 0 amide bonds. The highest BCUT2D eigenvalue weighted by Gasteiger charge is 1.88. The molecule has 0 radical (unpaired) electrons. The molecule has 0 saturated carbocycles. The highest BCUT2D eigenvalue weighted by molar-refractivity contribution is 5.89. The van der Waals surface area contributed by atoms with Crippen LogP contribution in [0, 0.1) is 0 Å². The van der Waals surface area contributed by atoms with E-state index in [1.807, 2.05) is 6.92 Å². The summed E-state index contributed by atoms with van der Waals surface area (Å²) < 4.78 is 0. The van der Waals surface area contributed by atoms with Crippen molar-refractivity contribution in [2.45, 2.75) is 6.92 Å². The number of rotatable bonds is 3. The Kier molecular flexibility index (Phi) is 8.72. The number of carbonyl (C=O) groups is 2. The first kappa shape index (κ1) is 13.7. The summed E-state index contributed by atoms with van der Waals surface area (Å²) >= 11 is 0. The van der Waals surface area contributed by atoms with E-state index in [0.29, 0.717) is 12.2 Å². The Hall–Kier alpha value is -1.84. The van der Waals surface area contributed by atoms with E-state index >= 15 is 0 Å². The molecule has 4 heteroatoms. The largest absolute Gasteiger partial charge is 0.478 e. The second kappa shape index (κ2) is 8.26. The predicted molar refractivity (Wildman–Crippen MR) is 49.4 cm³/mol. The van der Waals surface area contributed by atoms with E-state index in [0.717, 1.165) is 5.57 Å². The molecule has 0 atom stereocenters. The molecule has 0 aliphatic heterocycles. The second-order valence-corrected chi connectivity index (χ2v) is 2.06. The van der Waals surface area contributed by atoms with E-state index in [9.17, 15) is 9.59 Å². The van der Waals surface area contributed by atoms with Crippen molar-refractivity contribution in [3.05, 3.63) is 37.0 Å². The van der Waals surface area contributed by atoms with Crippen molar-refractivity contribution < 1.29 is 19.8 Å². The summed E-state index contributed by atoms with van der Waals surface area (Å²) in [6, 6.07) is 0. The van der Waals surface area contributed by atoms with Crippen LogP contribution < -0.4 is 0 Å². The molecule has 0 spiro atoms. The Morgan fingerprint density at radius 3 is 1.46 bits per heavy atom. The van der Waals surface area contributed by atoms with Gasteiger partial charge in [-0.2, -0.15) is 0 Å². The zero-order valence-corrected chi connectivity index (χ0v) is 7.36.